The number of non-ortho nitro benzene ring substituents is 1. The number of nitro benzene ring substituents is 1. The molecule has 0 radical (unpaired) electrons. The zero-order valence-corrected chi connectivity index (χ0v) is 14.2. The third-order valence-corrected chi connectivity index (χ3v) is 4.72. The number of nitrogens with one attached hydrogen (secondary N) is 1. The molecule has 0 aliphatic heterocycles. The van der Waals surface area contributed by atoms with Gasteiger partial charge in [0.2, 0.25) is 0 Å². The fourth-order valence-electron chi connectivity index (χ4n) is 2.12. The lowest BCUT2D eigenvalue weighted by molar-refractivity contribution is -0.384. The molecule has 1 N–H and O–H groups in total. The molecule has 0 aromatic heterocycles. The molecular formula is C14H18IN3O3. The number of hydrogen-bond acceptors (Lipinski definition) is 4. The summed E-state index contributed by atoms with van der Waals surface area (Å²) in [5, 5.41) is 13.7. The highest BCUT2D eigenvalue weighted by Gasteiger charge is 2.29. The summed E-state index contributed by atoms with van der Waals surface area (Å²) in [6, 6.07) is 5.20. The van der Waals surface area contributed by atoms with Crippen molar-refractivity contribution in [2.45, 2.75) is 31.8 Å². The summed E-state index contributed by atoms with van der Waals surface area (Å²) in [4.78, 5) is 24.8. The van der Waals surface area contributed by atoms with Gasteiger partial charge in [0.05, 0.1) is 10.5 Å². The van der Waals surface area contributed by atoms with Crippen LogP contribution in [0.5, 0.6) is 0 Å². The predicted octanol–water partition coefficient (Wildman–Crippen LogP) is 2.41. The molecule has 1 aromatic carbocycles. The van der Waals surface area contributed by atoms with Crippen molar-refractivity contribution in [1.82, 2.24) is 10.2 Å². The van der Waals surface area contributed by atoms with Crippen LogP contribution in [0, 0.1) is 13.7 Å². The molecule has 1 amide bonds. The van der Waals surface area contributed by atoms with E-state index in [0.29, 0.717) is 21.7 Å². The Morgan fingerprint density at radius 1 is 1.57 bits per heavy atom. The van der Waals surface area contributed by atoms with Crippen molar-refractivity contribution >= 4 is 34.2 Å². The van der Waals surface area contributed by atoms with Crippen LogP contribution < -0.4 is 5.32 Å². The lowest BCUT2D eigenvalue weighted by atomic mass is 10.2. The number of carbonyl (C=O) groups excluding carboxylic acids is 1. The summed E-state index contributed by atoms with van der Waals surface area (Å²) in [6.45, 7) is 2.60. The molecule has 2 rings (SSSR count). The van der Waals surface area contributed by atoms with Crippen LogP contribution in [0.1, 0.15) is 30.1 Å². The maximum atomic E-state index is 12.2. The van der Waals surface area contributed by atoms with Crippen molar-refractivity contribution in [3.05, 3.63) is 37.4 Å². The molecule has 0 spiro atoms. The van der Waals surface area contributed by atoms with Gasteiger partial charge < -0.3 is 5.32 Å². The van der Waals surface area contributed by atoms with Crippen LogP contribution in [-0.2, 0) is 0 Å². The Morgan fingerprint density at radius 3 is 2.81 bits per heavy atom. The Bertz CT molecular complexity index is 560. The predicted molar refractivity (Wildman–Crippen MR) is 88.4 cm³/mol. The maximum Gasteiger partial charge on any atom is 0.270 e. The summed E-state index contributed by atoms with van der Waals surface area (Å²) in [5.41, 5.74) is 0.287. The Kier molecular flexibility index (Phi) is 5.15. The van der Waals surface area contributed by atoms with E-state index in [1.807, 2.05) is 22.6 Å². The van der Waals surface area contributed by atoms with Crippen molar-refractivity contribution in [3.63, 3.8) is 0 Å². The normalized spacial score (nSPS) is 15.8. The molecule has 114 valence electrons. The lowest BCUT2D eigenvalue weighted by Gasteiger charge is -2.24. The number of nitro groups is 1. The van der Waals surface area contributed by atoms with Gasteiger partial charge >= 0.3 is 0 Å². The highest BCUT2D eigenvalue weighted by atomic mass is 127. The summed E-state index contributed by atoms with van der Waals surface area (Å²) < 4.78 is 0.707. The Labute approximate surface area is 137 Å². The number of amides is 1. The van der Waals surface area contributed by atoms with Gasteiger partial charge in [0.25, 0.3) is 11.6 Å². The Hall–Kier alpha value is -1.22. The number of benzene rings is 1. The number of carbonyl (C=O) groups is 1. The van der Waals surface area contributed by atoms with Crippen molar-refractivity contribution in [2.24, 2.45) is 0 Å². The van der Waals surface area contributed by atoms with Gasteiger partial charge in [-0.25, -0.2) is 0 Å². The largest absolute Gasteiger partial charge is 0.350 e. The van der Waals surface area contributed by atoms with E-state index in [2.05, 4.69) is 24.2 Å². The van der Waals surface area contributed by atoms with Crippen LogP contribution in [-0.4, -0.2) is 41.4 Å². The minimum Gasteiger partial charge on any atom is -0.350 e. The summed E-state index contributed by atoms with van der Waals surface area (Å²) in [6.07, 6.45) is 2.44. The fourth-order valence-corrected chi connectivity index (χ4v) is 2.70. The molecular weight excluding hydrogens is 385 g/mol. The molecule has 1 aliphatic carbocycles. The van der Waals surface area contributed by atoms with Gasteiger partial charge in [0, 0.05) is 34.3 Å². The van der Waals surface area contributed by atoms with Gasteiger partial charge in [-0.3, -0.25) is 19.8 Å². The van der Waals surface area contributed by atoms with E-state index in [4.69, 9.17) is 0 Å². The standard InChI is InChI=1S/C14H18IN3O3/c1-9(17(2)10-3-4-10)8-16-14(19)12-7-11(18(20)21)5-6-13(12)15/h5-7,9-10H,3-4,8H2,1-2H3,(H,16,19). The van der Waals surface area contributed by atoms with Crippen molar-refractivity contribution in [1.29, 1.82) is 0 Å². The Balaban J connectivity index is 1.99. The number of nitrogens with zero attached hydrogens (tertiary/aromatic N) is 2. The van der Waals surface area contributed by atoms with Crippen LogP contribution in [0.15, 0.2) is 18.2 Å². The highest BCUT2D eigenvalue weighted by molar-refractivity contribution is 14.1. The Morgan fingerprint density at radius 2 is 2.24 bits per heavy atom. The number of likely N-dealkylation sites (N-methyl/N-ethyl adjacent to an activating group) is 1. The molecule has 7 heteroatoms. The fraction of sp³-hybridized carbons (Fsp3) is 0.500. The van der Waals surface area contributed by atoms with Crippen LogP contribution in [0.2, 0.25) is 0 Å². The SMILES string of the molecule is CC(CNC(=O)c1cc([N+](=O)[O-])ccc1I)N(C)C1CC1. The lowest BCUT2D eigenvalue weighted by Crippen LogP contribution is -2.41. The third kappa shape index (κ3) is 4.13. The molecule has 0 heterocycles. The van der Waals surface area contributed by atoms with Gasteiger partial charge in [0.15, 0.2) is 0 Å². The molecule has 0 saturated heterocycles. The molecule has 6 nitrogen and oxygen atoms in total. The van der Waals surface area contributed by atoms with Crippen LogP contribution in [0.25, 0.3) is 0 Å². The molecule has 1 fully saturated rings. The van der Waals surface area contributed by atoms with E-state index >= 15 is 0 Å². The molecule has 1 aromatic rings. The van der Waals surface area contributed by atoms with Crippen molar-refractivity contribution in [2.75, 3.05) is 13.6 Å². The first kappa shape index (κ1) is 16.2. The van der Waals surface area contributed by atoms with Crippen LogP contribution >= 0.6 is 22.6 Å². The minimum absolute atomic E-state index is 0.0660. The van der Waals surface area contributed by atoms with Gasteiger partial charge in [0.1, 0.15) is 0 Å². The van der Waals surface area contributed by atoms with Gasteiger partial charge in [-0.15, -0.1) is 0 Å². The number of rotatable bonds is 6. The first-order valence-electron chi connectivity index (χ1n) is 6.84. The van der Waals surface area contributed by atoms with E-state index in [1.165, 1.54) is 25.0 Å². The molecule has 0 bridgehead atoms. The zero-order valence-electron chi connectivity index (χ0n) is 12.0. The average molecular weight is 403 g/mol. The molecule has 1 unspecified atom stereocenters. The van der Waals surface area contributed by atoms with Gasteiger partial charge in [-0.1, -0.05) is 0 Å². The van der Waals surface area contributed by atoms with E-state index in [-0.39, 0.29) is 17.6 Å². The molecule has 1 aliphatic rings. The minimum atomic E-state index is -0.490. The summed E-state index contributed by atoms with van der Waals surface area (Å²) in [7, 11) is 2.06. The molecule has 21 heavy (non-hydrogen) atoms. The van der Waals surface area contributed by atoms with Gasteiger partial charge in [-0.05, 0) is 55.5 Å². The zero-order chi connectivity index (χ0) is 15.6. The second-order valence-corrected chi connectivity index (χ2v) is 6.54. The second kappa shape index (κ2) is 6.69. The smallest absolute Gasteiger partial charge is 0.270 e. The van der Waals surface area contributed by atoms with Crippen LogP contribution in [0.4, 0.5) is 5.69 Å². The maximum absolute atomic E-state index is 12.2. The summed E-state index contributed by atoms with van der Waals surface area (Å²) >= 11 is 2.01. The van der Waals surface area contributed by atoms with E-state index in [9.17, 15) is 14.9 Å². The van der Waals surface area contributed by atoms with Gasteiger partial charge in [-0.2, -0.15) is 0 Å². The quantitative estimate of drug-likeness (QED) is 0.450. The van der Waals surface area contributed by atoms with Crippen molar-refractivity contribution < 1.29 is 9.72 Å². The van der Waals surface area contributed by atoms with E-state index in [0.717, 1.165) is 0 Å². The third-order valence-electron chi connectivity index (χ3n) is 3.78. The highest BCUT2D eigenvalue weighted by Crippen LogP contribution is 2.26. The molecule has 1 saturated carbocycles. The molecule has 1 atom stereocenters. The number of halogens is 1. The van der Waals surface area contributed by atoms with Crippen molar-refractivity contribution in [3.8, 4) is 0 Å². The summed E-state index contributed by atoms with van der Waals surface area (Å²) in [5.74, 6) is -0.265. The first-order valence-corrected chi connectivity index (χ1v) is 7.92. The topological polar surface area (TPSA) is 75.5 Å². The second-order valence-electron chi connectivity index (χ2n) is 5.38. The average Bonchev–Trinajstić information content (AvgIpc) is 3.28. The number of hydrogen-bond donors (Lipinski definition) is 1. The monoisotopic (exact) mass is 403 g/mol. The first-order chi connectivity index (χ1) is 9.90. The van der Waals surface area contributed by atoms with E-state index in [1.54, 1.807) is 6.07 Å². The van der Waals surface area contributed by atoms with Crippen LogP contribution in [0.3, 0.4) is 0 Å². The van der Waals surface area contributed by atoms with E-state index < -0.39 is 4.92 Å².